The molecular weight excluding hydrogens is 344 g/mol. The SMILES string of the molecule is O=[N+]([O-])c1cccc(S(=O)(=O)NCCC(CCO)c2ccccc2)c1. The summed E-state index contributed by atoms with van der Waals surface area (Å²) in [5, 5.41) is 20.0. The molecule has 0 heterocycles. The third-order valence-corrected chi connectivity index (χ3v) is 5.33. The molecule has 0 aliphatic rings. The minimum absolute atomic E-state index is 0.0111. The van der Waals surface area contributed by atoms with Crippen LogP contribution in [0.25, 0.3) is 0 Å². The van der Waals surface area contributed by atoms with Gasteiger partial charge in [-0.1, -0.05) is 36.4 Å². The van der Waals surface area contributed by atoms with Gasteiger partial charge in [0, 0.05) is 25.3 Å². The first-order valence-corrected chi connectivity index (χ1v) is 9.32. The molecule has 2 aromatic rings. The van der Waals surface area contributed by atoms with Crippen molar-refractivity contribution < 1.29 is 18.4 Å². The zero-order valence-electron chi connectivity index (χ0n) is 13.5. The Bertz CT molecular complexity index is 809. The summed E-state index contributed by atoms with van der Waals surface area (Å²) in [6, 6.07) is 14.5. The molecule has 2 aromatic carbocycles. The predicted octanol–water partition coefficient (Wildman–Crippen LogP) is 2.43. The van der Waals surface area contributed by atoms with Crippen LogP contribution in [0.2, 0.25) is 0 Å². The molecule has 1 unspecified atom stereocenters. The van der Waals surface area contributed by atoms with Gasteiger partial charge < -0.3 is 5.11 Å². The molecule has 7 nitrogen and oxygen atoms in total. The second-order valence-electron chi connectivity index (χ2n) is 5.56. The number of benzene rings is 2. The summed E-state index contributed by atoms with van der Waals surface area (Å²) in [5.41, 5.74) is 0.761. The lowest BCUT2D eigenvalue weighted by Gasteiger charge is -2.16. The fraction of sp³-hybridized carbons (Fsp3) is 0.294. The minimum atomic E-state index is -3.83. The molecule has 8 heteroatoms. The van der Waals surface area contributed by atoms with Crippen molar-refractivity contribution in [2.75, 3.05) is 13.2 Å². The average Bonchev–Trinajstić information content (AvgIpc) is 2.62. The van der Waals surface area contributed by atoms with E-state index in [1.54, 1.807) is 0 Å². The van der Waals surface area contributed by atoms with Crippen LogP contribution >= 0.6 is 0 Å². The van der Waals surface area contributed by atoms with Crippen molar-refractivity contribution in [1.82, 2.24) is 4.72 Å². The first-order valence-electron chi connectivity index (χ1n) is 7.84. The highest BCUT2D eigenvalue weighted by molar-refractivity contribution is 7.89. The van der Waals surface area contributed by atoms with Crippen LogP contribution in [0.1, 0.15) is 24.3 Å². The normalized spacial score (nSPS) is 12.7. The summed E-state index contributed by atoms with van der Waals surface area (Å²) >= 11 is 0. The second kappa shape index (κ2) is 8.70. The van der Waals surface area contributed by atoms with Crippen LogP contribution in [-0.4, -0.2) is 31.6 Å². The molecule has 0 fully saturated rings. The first kappa shape index (κ1) is 19.0. The molecule has 0 aliphatic heterocycles. The standard InChI is InChI=1S/C17H20N2O5S/c20-12-10-15(14-5-2-1-3-6-14)9-11-18-25(23,24)17-8-4-7-16(13-17)19(21)22/h1-8,13,15,18,20H,9-12H2. The van der Waals surface area contributed by atoms with Gasteiger partial charge in [-0.3, -0.25) is 10.1 Å². The summed E-state index contributed by atoms with van der Waals surface area (Å²) < 4.78 is 27.1. The van der Waals surface area contributed by atoms with Crippen LogP contribution in [0.15, 0.2) is 59.5 Å². The predicted molar refractivity (Wildman–Crippen MR) is 93.8 cm³/mol. The zero-order chi connectivity index (χ0) is 18.3. The molecule has 0 saturated carbocycles. The Kier molecular flexibility index (Phi) is 6.63. The summed E-state index contributed by atoms with van der Waals surface area (Å²) in [4.78, 5) is 10.0. The molecule has 2 rings (SSSR count). The van der Waals surface area contributed by atoms with E-state index >= 15 is 0 Å². The lowest BCUT2D eigenvalue weighted by Crippen LogP contribution is -2.26. The van der Waals surface area contributed by atoms with E-state index in [-0.39, 0.29) is 29.7 Å². The number of non-ortho nitro benzene ring substituents is 1. The average molecular weight is 364 g/mol. The number of nitro benzene ring substituents is 1. The van der Waals surface area contributed by atoms with E-state index in [2.05, 4.69) is 4.72 Å². The molecule has 0 aliphatic carbocycles. The van der Waals surface area contributed by atoms with Crippen molar-refractivity contribution in [3.8, 4) is 0 Å². The molecule has 25 heavy (non-hydrogen) atoms. The Morgan fingerprint density at radius 1 is 1.08 bits per heavy atom. The summed E-state index contributed by atoms with van der Waals surface area (Å²) in [7, 11) is -3.83. The van der Waals surface area contributed by atoms with Gasteiger partial charge in [-0.05, 0) is 30.4 Å². The molecule has 0 amide bonds. The van der Waals surface area contributed by atoms with E-state index in [9.17, 15) is 23.6 Å². The van der Waals surface area contributed by atoms with E-state index in [0.29, 0.717) is 12.8 Å². The van der Waals surface area contributed by atoms with Crippen molar-refractivity contribution in [1.29, 1.82) is 0 Å². The quantitative estimate of drug-likeness (QED) is 0.524. The van der Waals surface area contributed by atoms with Gasteiger partial charge in [0.1, 0.15) is 0 Å². The molecule has 1 atom stereocenters. The highest BCUT2D eigenvalue weighted by Crippen LogP contribution is 2.23. The van der Waals surface area contributed by atoms with E-state index < -0.39 is 14.9 Å². The van der Waals surface area contributed by atoms with Gasteiger partial charge in [0.05, 0.1) is 9.82 Å². The smallest absolute Gasteiger partial charge is 0.270 e. The van der Waals surface area contributed by atoms with E-state index in [0.717, 1.165) is 11.6 Å². The number of aliphatic hydroxyl groups is 1. The fourth-order valence-electron chi connectivity index (χ4n) is 2.57. The number of aliphatic hydroxyl groups excluding tert-OH is 1. The van der Waals surface area contributed by atoms with Crippen LogP contribution in [0, 0.1) is 10.1 Å². The Balaban J connectivity index is 2.03. The lowest BCUT2D eigenvalue weighted by atomic mass is 9.93. The molecule has 134 valence electrons. The maximum absolute atomic E-state index is 12.3. The number of rotatable bonds is 9. The molecule has 0 radical (unpaired) electrons. The van der Waals surface area contributed by atoms with Crippen molar-refractivity contribution in [3.05, 3.63) is 70.3 Å². The van der Waals surface area contributed by atoms with Crippen LogP contribution < -0.4 is 4.72 Å². The van der Waals surface area contributed by atoms with Crippen LogP contribution in [0.4, 0.5) is 5.69 Å². The molecule has 0 bridgehead atoms. The second-order valence-corrected chi connectivity index (χ2v) is 7.33. The highest BCUT2D eigenvalue weighted by atomic mass is 32.2. The van der Waals surface area contributed by atoms with Crippen LogP contribution in [-0.2, 0) is 10.0 Å². The Morgan fingerprint density at radius 2 is 1.80 bits per heavy atom. The maximum Gasteiger partial charge on any atom is 0.270 e. The van der Waals surface area contributed by atoms with Crippen molar-refractivity contribution in [2.45, 2.75) is 23.7 Å². The molecule has 0 aromatic heterocycles. The Labute approximate surface area is 146 Å². The molecule has 2 N–H and O–H groups in total. The highest BCUT2D eigenvalue weighted by Gasteiger charge is 2.18. The van der Waals surface area contributed by atoms with E-state index in [4.69, 9.17) is 0 Å². The molecule has 0 spiro atoms. The number of nitrogens with zero attached hydrogens (tertiary/aromatic N) is 1. The van der Waals surface area contributed by atoms with Crippen molar-refractivity contribution in [3.63, 3.8) is 0 Å². The molecule has 0 saturated heterocycles. The summed E-state index contributed by atoms with van der Waals surface area (Å²) in [6.07, 6.45) is 1.04. The van der Waals surface area contributed by atoms with E-state index in [1.165, 1.54) is 18.2 Å². The minimum Gasteiger partial charge on any atom is -0.396 e. The zero-order valence-corrected chi connectivity index (χ0v) is 14.4. The number of nitro groups is 1. The van der Waals surface area contributed by atoms with Gasteiger partial charge in [-0.2, -0.15) is 0 Å². The third kappa shape index (κ3) is 5.35. The van der Waals surface area contributed by atoms with Gasteiger partial charge >= 0.3 is 0 Å². The third-order valence-electron chi connectivity index (χ3n) is 3.87. The van der Waals surface area contributed by atoms with Crippen molar-refractivity contribution in [2.24, 2.45) is 0 Å². The van der Waals surface area contributed by atoms with Gasteiger partial charge in [-0.15, -0.1) is 0 Å². The van der Waals surface area contributed by atoms with E-state index in [1.807, 2.05) is 30.3 Å². The Morgan fingerprint density at radius 3 is 2.44 bits per heavy atom. The van der Waals surface area contributed by atoms with Crippen LogP contribution in [0.3, 0.4) is 0 Å². The topological polar surface area (TPSA) is 110 Å². The molecular formula is C17H20N2O5S. The largest absolute Gasteiger partial charge is 0.396 e. The number of sulfonamides is 1. The lowest BCUT2D eigenvalue weighted by molar-refractivity contribution is -0.385. The summed E-state index contributed by atoms with van der Waals surface area (Å²) in [5.74, 6) is 0.0269. The summed E-state index contributed by atoms with van der Waals surface area (Å²) in [6.45, 7) is 0.182. The van der Waals surface area contributed by atoms with Gasteiger partial charge in [0.2, 0.25) is 10.0 Å². The van der Waals surface area contributed by atoms with Gasteiger partial charge in [-0.25, -0.2) is 13.1 Å². The maximum atomic E-state index is 12.3. The van der Waals surface area contributed by atoms with Gasteiger partial charge in [0.15, 0.2) is 0 Å². The van der Waals surface area contributed by atoms with Crippen molar-refractivity contribution >= 4 is 15.7 Å². The van der Waals surface area contributed by atoms with Crippen LogP contribution in [0.5, 0.6) is 0 Å². The van der Waals surface area contributed by atoms with Gasteiger partial charge in [0.25, 0.3) is 5.69 Å². The fourth-order valence-corrected chi connectivity index (χ4v) is 3.66. The number of hydrogen-bond donors (Lipinski definition) is 2. The first-order chi connectivity index (χ1) is 11.9. The number of nitrogens with one attached hydrogen (secondary N) is 1. The monoisotopic (exact) mass is 364 g/mol. The Hall–Kier alpha value is -2.29. The number of hydrogen-bond acceptors (Lipinski definition) is 5.